The minimum absolute atomic E-state index is 0.0360. The summed E-state index contributed by atoms with van der Waals surface area (Å²) in [6.07, 6.45) is 13.2. The highest BCUT2D eigenvalue weighted by molar-refractivity contribution is 5.38. The van der Waals surface area contributed by atoms with Gasteiger partial charge in [-0.05, 0) is 97.6 Å². The molecule has 33 heavy (non-hydrogen) atoms. The number of unbranched alkanes of at least 4 members (excludes halogenated alkanes) is 4. The Labute approximate surface area is 195 Å². The van der Waals surface area contributed by atoms with Crippen molar-refractivity contribution in [3.05, 3.63) is 69.8 Å². The van der Waals surface area contributed by atoms with E-state index in [2.05, 4.69) is 6.92 Å². The van der Waals surface area contributed by atoms with Crippen molar-refractivity contribution in [2.45, 2.75) is 102 Å². The monoisotopic (exact) mass is 460 g/mol. The molecule has 0 heterocycles. The molecule has 0 N–H and O–H groups in total. The zero-order valence-corrected chi connectivity index (χ0v) is 19.7. The van der Waals surface area contributed by atoms with Crippen molar-refractivity contribution in [1.29, 1.82) is 0 Å². The normalized spacial score (nSPS) is 22.9. The lowest BCUT2D eigenvalue weighted by atomic mass is 9.75. The van der Waals surface area contributed by atoms with Gasteiger partial charge in [0, 0.05) is 5.56 Å². The Morgan fingerprint density at radius 2 is 1.45 bits per heavy atom. The maximum atomic E-state index is 15.1. The largest absolute Gasteiger partial charge is 0.207 e. The third-order valence-electron chi connectivity index (χ3n) is 8.05. The van der Waals surface area contributed by atoms with Crippen molar-refractivity contribution < 1.29 is 17.6 Å². The molecule has 180 valence electrons. The van der Waals surface area contributed by atoms with Crippen LogP contribution in [0, 0.1) is 29.2 Å². The van der Waals surface area contributed by atoms with E-state index in [1.165, 1.54) is 50.7 Å². The van der Waals surface area contributed by atoms with Gasteiger partial charge in [0.2, 0.25) is 0 Å². The van der Waals surface area contributed by atoms with Gasteiger partial charge < -0.3 is 0 Å². The van der Waals surface area contributed by atoms with Gasteiger partial charge in [-0.3, -0.25) is 0 Å². The third kappa shape index (κ3) is 5.63. The van der Waals surface area contributed by atoms with Crippen molar-refractivity contribution in [3.8, 4) is 0 Å². The molecule has 2 aliphatic carbocycles. The fourth-order valence-corrected chi connectivity index (χ4v) is 6.06. The van der Waals surface area contributed by atoms with Crippen LogP contribution in [0.4, 0.5) is 17.6 Å². The molecule has 1 saturated carbocycles. The third-order valence-corrected chi connectivity index (χ3v) is 8.05. The summed E-state index contributed by atoms with van der Waals surface area (Å²) in [5.41, 5.74) is 1.80. The van der Waals surface area contributed by atoms with Gasteiger partial charge in [0.05, 0.1) is 0 Å². The molecule has 0 saturated heterocycles. The molecule has 2 aliphatic rings. The van der Waals surface area contributed by atoms with Crippen molar-refractivity contribution in [2.24, 2.45) is 5.92 Å². The molecule has 4 heteroatoms. The number of benzene rings is 2. The zero-order valence-electron chi connectivity index (χ0n) is 19.7. The Hall–Kier alpha value is -1.84. The van der Waals surface area contributed by atoms with Crippen LogP contribution in [0.15, 0.2) is 24.3 Å². The summed E-state index contributed by atoms with van der Waals surface area (Å²) in [7, 11) is 0. The molecule has 0 aliphatic heterocycles. The Kier molecular flexibility index (Phi) is 8.14. The number of hydrogen-bond acceptors (Lipinski definition) is 0. The molecule has 1 atom stereocenters. The molecular weight excluding hydrogens is 424 g/mol. The van der Waals surface area contributed by atoms with Crippen LogP contribution in [0.1, 0.15) is 112 Å². The second-order valence-electron chi connectivity index (χ2n) is 10.3. The number of rotatable bonds is 8. The second kappa shape index (κ2) is 11.1. The first-order valence-corrected chi connectivity index (χ1v) is 12.9. The molecule has 0 bridgehead atoms. The minimum atomic E-state index is -0.901. The molecule has 0 spiro atoms. The van der Waals surface area contributed by atoms with E-state index >= 15 is 8.78 Å². The van der Waals surface area contributed by atoms with Crippen LogP contribution in [0.3, 0.4) is 0 Å². The predicted octanol–water partition coefficient (Wildman–Crippen LogP) is 9.15. The summed E-state index contributed by atoms with van der Waals surface area (Å²) in [6, 6.07) is 5.73. The summed E-state index contributed by atoms with van der Waals surface area (Å²) in [5, 5.41) is 0. The average molecular weight is 461 g/mol. The van der Waals surface area contributed by atoms with Crippen LogP contribution in [0.5, 0.6) is 0 Å². The van der Waals surface area contributed by atoms with Gasteiger partial charge in [-0.1, -0.05) is 51.5 Å². The smallest absolute Gasteiger partial charge is 0.162 e. The van der Waals surface area contributed by atoms with E-state index in [-0.39, 0.29) is 23.5 Å². The lowest BCUT2D eigenvalue weighted by Gasteiger charge is -2.30. The topological polar surface area (TPSA) is 0 Å². The van der Waals surface area contributed by atoms with Gasteiger partial charge in [0.25, 0.3) is 0 Å². The zero-order chi connectivity index (χ0) is 23.4. The first-order chi connectivity index (χ1) is 16.0. The molecule has 1 unspecified atom stereocenters. The average Bonchev–Trinajstić information content (AvgIpc) is 2.81. The lowest BCUT2D eigenvalue weighted by molar-refractivity contribution is 0.301. The van der Waals surface area contributed by atoms with Crippen LogP contribution in [-0.4, -0.2) is 0 Å². The summed E-state index contributed by atoms with van der Waals surface area (Å²) < 4.78 is 58.2. The molecule has 1 fully saturated rings. The van der Waals surface area contributed by atoms with E-state index in [1.807, 2.05) is 0 Å². The molecule has 0 amide bonds. The van der Waals surface area contributed by atoms with Gasteiger partial charge in [-0.15, -0.1) is 0 Å². The fourth-order valence-electron chi connectivity index (χ4n) is 6.06. The molecule has 0 nitrogen and oxygen atoms in total. The first kappa shape index (κ1) is 24.3. The quantitative estimate of drug-likeness (QED) is 0.272. The predicted molar refractivity (Wildman–Crippen MR) is 126 cm³/mol. The maximum absolute atomic E-state index is 15.1. The Bertz CT molecular complexity index is 920. The molecule has 2 aromatic rings. The van der Waals surface area contributed by atoms with Gasteiger partial charge in [0.1, 0.15) is 11.6 Å². The minimum Gasteiger partial charge on any atom is -0.207 e. The lowest BCUT2D eigenvalue weighted by Crippen LogP contribution is -2.18. The molecule has 0 radical (unpaired) electrons. The van der Waals surface area contributed by atoms with Crippen LogP contribution >= 0.6 is 0 Å². The van der Waals surface area contributed by atoms with Crippen molar-refractivity contribution in [1.82, 2.24) is 0 Å². The van der Waals surface area contributed by atoms with E-state index in [4.69, 9.17) is 0 Å². The van der Waals surface area contributed by atoms with E-state index in [9.17, 15) is 8.78 Å². The standard InChI is InChI=1S/C29H36F4/c1-2-3-4-5-6-7-19-8-10-20(11-9-19)23-17-26(31)28(27(32)18-23)22-13-12-21-14-15-25(30)29(33)24(21)16-22/h14-15,17-20,22H,2-13,16H2,1H3. The van der Waals surface area contributed by atoms with E-state index in [0.717, 1.165) is 48.8 Å². The summed E-state index contributed by atoms with van der Waals surface area (Å²) >= 11 is 0. The van der Waals surface area contributed by atoms with E-state index in [1.54, 1.807) is 6.07 Å². The number of aryl methyl sites for hydroxylation is 1. The summed E-state index contributed by atoms with van der Waals surface area (Å²) in [5.74, 6) is -2.36. The van der Waals surface area contributed by atoms with Crippen molar-refractivity contribution in [2.75, 3.05) is 0 Å². The fraction of sp³-hybridized carbons (Fsp3) is 0.586. The second-order valence-corrected chi connectivity index (χ2v) is 10.3. The van der Waals surface area contributed by atoms with E-state index < -0.39 is 29.2 Å². The highest BCUT2D eigenvalue weighted by atomic mass is 19.2. The Balaban J connectivity index is 1.39. The van der Waals surface area contributed by atoms with Gasteiger partial charge >= 0.3 is 0 Å². The van der Waals surface area contributed by atoms with Crippen LogP contribution < -0.4 is 0 Å². The highest BCUT2D eigenvalue weighted by Crippen LogP contribution is 2.41. The van der Waals surface area contributed by atoms with E-state index in [0.29, 0.717) is 12.8 Å². The van der Waals surface area contributed by atoms with Crippen molar-refractivity contribution in [3.63, 3.8) is 0 Å². The van der Waals surface area contributed by atoms with Crippen LogP contribution in [-0.2, 0) is 12.8 Å². The molecule has 2 aromatic carbocycles. The number of hydrogen-bond donors (Lipinski definition) is 0. The number of fused-ring (bicyclic) bond motifs is 1. The maximum Gasteiger partial charge on any atom is 0.162 e. The SMILES string of the molecule is CCCCCCCC1CCC(c2cc(F)c(C3CCc4ccc(F)c(F)c4C3)c(F)c2)CC1. The molecule has 4 rings (SSSR count). The summed E-state index contributed by atoms with van der Waals surface area (Å²) in [4.78, 5) is 0. The number of halogens is 4. The van der Waals surface area contributed by atoms with Gasteiger partial charge in [0.15, 0.2) is 11.6 Å². The Morgan fingerprint density at radius 1 is 0.758 bits per heavy atom. The van der Waals surface area contributed by atoms with Crippen LogP contribution in [0.2, 0.25) is 0 Å². The summed E-state index contributed by atoms with van der Waals surface area (Å²) in [6.45, 7) is 2.23. The van der Waals surface area contributed by atoms with Crippen molar-refractivity contribution >= 4 is 0 Å². The molecule has 0 aromatic heterocycles. The highest BCUT2D eigenvalue weighted by Gasteiger charge is 2.30. The Morgan fingerprint density at radius 3 is 2.15 bits per heavy atom. The first-order valence-electron chi connectivity index (χ1n) is 12.9. The van der Waals surface area contributed by atoms with Gasteiger partial charge in [-0.25, -0.2) is 17.6 Å². The molecular formula is C29H36F4. The van der Waals surface area contributed by atoms with Gasteiger partial charge in [-0.2, -0.15) is 0 Å². The van der Waals surface area contributed by atoms with Crippen LogP contribution in [0.25, 0.3) is 0 Å².